The standard InChI is InChI=1S/C16H13BrCl2F2/c17-15-11(2-1-3-14(15)21)8-16(9-18,10-19)12-4-6-13(20)7-5-12/h1-7H,8-10H2. The molecule has 2 rings (SSSR count). The molecule has 0 heterocycles. The number of alkyl halides is 2. The van der Waals surface area contributed by atoms with E-state index < -0.39 is 5.41 Å². The van der Waals surface area contributed by atoms with E-state index in [2.05, 4.69) is 15.9 Å². The minimum absolute atomic E-state index is 0.255. The lowest BCUT2D eigenvalue weighted by molar-refractivity contribution is 0.528. The van der Waals surface area contributed by atoms with E-state index >= 15 is 0 Å². The molecular weight excluding hydrogens is 381 g/mol. The molecule has 2 aromatic carbocycles. The highest BCUT2D eigenvalue weighted by atomic mass is 79.9. The maximum atomic E-state index is 13.7. The molecular formula is C16H13BrCl2F2. The Labute approximate surface area is 141 Å². The molecule has 0 nitrogen and oxygen atoms in total. The zero-order chi connectivity index (χ0) is 15.5. The van der Waals surface area contributed by atoms with E-state index in [1.54, 1.807) is 18.2 Å². The molecule has 0 unspecified atom stereocenters. The molecule has 0 N–H and O–H groups in total. The van der Waals surface area contributed by atoms with Crippen molar-refractivity contribution in [1.29, 1.82) is 0 Å². The second kappa shape index (κ2) is 7.08. The summed E-state index contributed by atoms with van der Waals surface area (Å²) in [5.74, 6) is -0.135. The van der Waals surface area contributed by atoms with Crippen molar-refractivity contribution in [3.8, 4) is 0 Å². The van der Waals surface area contributed by atoms with Crippen LogP contribution in [0.3, 0.4) is 0 Å². The van der Waals surface area contributed by atoms with Gasteiger partial charge in [0.1, 0.15) is 11.6 Å². The largest absolute Gasteiger partial charge is 0.207 e. The number of hydrogen-bond acceptors (Lipinski definition) is 0. The summed E-state index contributed by atoms with van der Waals surface area (Å²) in [6, 6.07) is 11.0. The maximum absolute atomic E-state index is 13.7. The Morgan fingerprint density at radius 1 is 0.952 bits per heavy atom. The van der Waals surface area contributed by atoms with Gasteiger partial charge in [0, 0.05) is 17.2 Å². The third-order valence-electron chi connectivity index (χ3n) is 3.53. The second-order valence-corrected chi connectivity index (χ2v) is 6.27. The van der Waals surface area contributed by atoms with Crippen LogP contribution in [-0.4, -0.2) is 11.8 Å². The van der Waals surface area contributed by atoms with Gasteiger partial charge >= 0.3 is 0 Å². The van der Waals surface area contributed by atoms with E-state index in [1.165, 1.54) is 18.2 Å². The van der Waals surface area contributed by atoms with Crippen LogP contribution in [0.4, 0.5) is 8.78 Å². The van der Waals surface area contributed by atoms with Gasteiger partial charge in [-0.2, -0.15) is 0 Å². The fourth-order valence-corrected chi connectivity index (χ4v) is 3.43. The van der Waals surface area contributed by atoms with Crippen LogP contribution in [0.25, 0.3) is 0 Å². The smallest absolute Gasteiger partial charge is 0.137 e. The van der Waals surface area contributed by atoms with Gasteiger partial charge in [0.05, 0.1) is 4.47 Å². The Bertz CT molecular complexity index is 610. The summed E-state index contributed by atoms with van der Waals surface area (Å²) < 4.78 is 27.2. The number of benzene rings is 2. The van der Waals surface area contributed by atoms with Crippen molar-refractivity contribution in [1.82, 2.24) is 0 Å². The summed E-state index contributed by atoms with van der Waals surface area (Å²) in [4.78, 5) is 0. The van der Waals surface area contributed by atoms with Gasteiger partial charge in [-0.25, -0.2) is 8.78 Å². The average molecular weight is 394 g/mol. The first-order chi connectivity index (χ1) is 10.0. The average Bonchev–Trinajstić information content (AvgIpc) is 2.50. The lowest BCUT2D eigenvalue weighted by atomic mass is 9.78. The summed E-state index contributed by atoms with van der Waals surface area (Å²) in [7, 11) is 0. The Kier molecular flexibility index (Phi) is 5.64. The normalized spacial score (nSPS) is 11.7. The van der Waals surface area contributed by atoms with Crippen LogP contribution in [0, 0.1) is 11.6 Å². The second-order valence-electron chi connectivity index (χ2n) is 4.94. The van der Waals surface area contributed by atoms with Crippen molar-refractivity contribution in [2.75, 3.05) is 11.8 Å². The molecule has 0 amide bonds. The number of hydrogen-bond donors (Lipinski definition) is 0. The van der Waals surface area contributed by atoms with Crippen molar-refractivity contribution in [3.05, 3.63) is 69.7 Å². The zero-order valence-corrected chi connectivity index (χ0v) is 14.2. The monoisotopic (exact) mass is 392 g/mol. The van der Waals surface area contributed by atoms with Crippen molar-refractivity contribution < 1.29 is 8.78 Å². The summed E-state index contributed by atoms with van der Waals surface area (Å²) in [5.41, 5.74) is 1.04. The quantitative estimate of drug-likeness (QED) is 0.572. The molecule has 0 fully saturated rings. The highest BCUT2D eigenvalue weighted by molar-refractivity contribution is 9.10. The molecule has 0 bridgehead atoms. The fraction of sp³-hybridized carbons (Fsp3) is 0.250. The van der Waals surface area contributed by atoms with Crippen molar-refractivity contribution >= 4 is 39.1 Å². The third kappa shape index (κ3) is 3.58. The van der Waals surface area contributed by atoms with Gasteiger partial charge < -0.3 is 0 Å². The van der Waals surface area contributed by atoms with E-state index in [0.717, 1.165) is 11.1 Å². The molecule has 0 aliphatic rings. The van der Waals surface area contributed by atoms with Crippen LogP contribution in [0.1, 0.15) is 11.1 Å². The first kappa shape index (κ1) is 16.7. The Hall–Kier alpha value is -0.640. The van der Waals surface area contributed by atoms with Crippen LogP contribution >= 0.6 is 39.1 Å². The molecule has 0 saturated carbocycles. The minimum Gasteiger partial charge on any atom is -0.207 e. The lowest BCUT2D eigenvalue weighted by Crippen LogP contribution is -2.33. The predicted octanol–water partition coefficient (Wildman–Crippen LogP) is 5.69. The van der Waals surface area contributed by atoms with E-state index in [1.807, 2.05) is 6.07 Å². The van der Waals surface area contributed by atoms with Gasteiger partial charge in [-0.05, 0) is 51.7 Å². The minimum atomic E-state index is -0.576. The van der Waals surface area contributed by atoms with Gasteiger partial charge in [0.2, 0.25) is 0 Å². The SMILES string of the molecule is Fc1ccc(C(CCl)(CCl)Cc2cccc(F)c2Br)cc1. The molecule has 0 saturated heterocycles. The highest BCUT2D eigenvalue weighted by Crippen LogP contribution is 2.34. The van der Waals surface area contributed by atoms with Gasteiger partial charge in [-0.3, -0.25) is 0 Å². The van der Waals surface area contributed by atoms with Crippen molar-refractivity contribution in [2.45, 2.75) is 11.8 Å². The molecule has 0 aromatic heterocycles. The van der Waals surface area contributed by atoms with Crippen molar-refractivity contribution in [3.63, 3.8) is 0 Å². The highest BCUT2D eigenvalue weighted by Gasteiger charge is 2.32. The van der Waals surface area contributed by atoms with Crippen LogP contribution in [0.2, 0.25) is 0 Å². The van der Waals surface area contributed by atoms with Crippen LogP contribution in [-0.2, 0) is 11.8 Å². The van der Waals surface area contributed by atoms with E-state index in [4.69, 9.17) is 23.2 Å². The molecule has 0 spiro atoms. The van der Waals surface area contributed by atoms with E-state index in [9.17, 15) is 8.78 Å². The molecule has 0 atom stereocenters. The van der Waals surface area contributed by atoms with Crippen molar-refractivity contribution in [2.24, 2.45) is 0 Å². The molecule has 112 valence electrons. The van der Waals surface area contributed by atoms with Gasteiger partial charge in [0.25, 0.3) is 0 Å². The third-order valence-corrected chi connectivity index (χ3v) is 5.44. The summed E-state index contributed by atoms with van der Waals surface area (Å²) in [5, 5.41) is 0. The Morgan fingerprint density at radius 3 is 2.14 bits per heavy atom. The summed E-state index contributed by atoms with van der Waals surface area (Å²) in [6.45, 7) is 0. The maximum Gasteiger partial charge on any atom is 0.137 e. The van der Waals surface area contributed by atoms with Crippen LogP contribution in [0.15, 0.2) is 46.9 Å². The summed E-state index contributed by atoms with van der Waals surface area (Å²) >= 11 is 15.6. The Morgan fingerprint density at radius 2 is 1.57 bits per heavy atom. The molecule has 0 aliphatic carbocycles. The first-order valence-corrected chi connectivity index (χ1v) is 8.19. The van der Waals surface area contributed by atoms with E-state index in [0.29, 0.717) is 10.9 Å². The number of halogens is 5. The molecule has 5 heteroatoms. The first-order valence-electron chi connectivity index (χ1n) is 6.33. The molecule has 0 radical (unpaired) electrons. The zero-order valence-electron chi connectivity index (χ0n) is 11.1. The summed E-state index contributed by atoms with van der Waals surface area (Å²) in [6.07, 6.45) is 0.462. The van der Waals surface area contributed by atoms with E-state index in [-0.39, 0.29) is 23.4 Å². The van der Waals surface area contributed by atoms with Gasteiger partial charge in [-0.1, -0.05) is 24.3 Å². The fourth-order valence-electron chi connectivity index (χ4n) is 2.24. The molecule has 0 aliphatic heterocycles. The molecule has 2 aromatic rings. The lowest BCUT2D eigenvalue weighted by Gasteiger charge is -2.31. The van der Waals surface area contributed by atoms with Gasteiger partial charge in [0.15, 0.2) is 0 Å². The predicted molar refractivity (Wildman–Crippen MR) is 87.3 cm³/mol. The molecule has 21 heavy (non-hydrogen) atoms. The van der Waals surface area contributed by atoms with Crippen LogP contribution in [0.5, 0.6) is 0 Å². The van der Waals surface area contributed by atoms with Gasteiger partial charge in [-0.15, -0.1) is 23.2 Å². The Balaban J connectivity index is 2.43. The van der Waals surface area contributed by atoms with Crippen LogP contribution < -0.4 is 0 Å². The number of rotatable bonds is 5. The topological polar surface area (TPSA) is 0 Å².